The van der Waals surface area contributed by atoms with Crippen molar-refractivity contribution in [2.45, 2.75) is 0 Å². The van der Waals surface area contributed by atoms with Crippen LogP contribution >= 0.6 is 0 Å². The number of hydrogen-bond donors (Lipinski definition) is 0. The Kier molecular flexibility index (Phi) is 9.46. The lowest BCUT2D eigenvalue weighted by atomic mass is 9.92. The average Bonchev–Trinajstić information content (AvgIpc) is 3.78. The fourth-order valence-corrected chi connectivity index (χ4v) is 9.05. The van der Waals surface area contributed by atoms with Crippen LogP contribution in [0.5, 0.6) is 0 Å². The van der Waals surface area contributed by atoms with Gasteiger partial charge in [-0.3, -0.25) is 0 Å². The summed E-state index contributed by atoms with van der Waals surface area (Å²) in [4.78, 5) is 16.0. The third-order valence-electron chi connectivity index (χ3n) is 12.4. The zero-order chi connectivity index (χ0) is 43.1. The van der Waals surface area contributed by atoms with E-state index in [-0.39, 0.29) is 0 Å². The Balaban J connectivity index is 1.09. The largest absolute Gasteiger partial charge is 0.455 e. The Morgan fingerprint density at radius 1 is 0.277 bits per heavy atom. The Morgan fingerprint density at radius 3 is 1.31 bits per heavy atom. The summed E-state index contributed by atoms with van der Waals surface area (Å²) in [6, 6.07) is 82.9. The molecular weight excluding hydrogens is 791 g/mol. The molecule has 0 aliphatic carbocycles. The molecule has 0 aliphatic heterocycles. The number of aromatic nitrogens is 3. The molecule has 4 heteroatoms. The standard InChI is InChI=1S/C61H39N3O/c1-4-13-40(14-5-1)44-23-30-47(31-24-44)52-37-38-55-56(54-22-12-21-53(58(54)65-55)48-32-25-45(26-33-48)41-15-6-2-7-16-41)57(52)61-63-59(49-34-27-46(28-35-49)42-17-8-3-9-18-42)62-60(64-61)51-36-29-43-19-10-11-20-50(43)39-51/h1-39H. The van der Waals surface area contributed by atoms with E-state index in [1.165, 1.54) is 16.7 Å². The molecule has 65 heavy (non-hydrogen) atoms. The first-order chi connectivity index (χ1) is 32.2. The van der Waals surface area contributed by atoms with Crippen molar-refractivity contribution in [3.05, 3.63) is 237 Å². The molecule has 10 aromatic carbocycles. The van der Waals surface area contributed by atoms with Crippen LogP contribution in [-0.4, -0.2) is 15.0 Å². The van der Waals surface area contributed by atoms with E-state index in [9.17, 15) is 0 Å². The summed E-state index contributed by atoms with van der Waals surface area (Å²) < 4.78 is 6.94. The van der Waals surface area contributed by atoms with Crippen molar-refractivity contribution in [3.8, 4) is 89.8 Å². The van der Waals surface area contributed by atoms with E-state index in [1.807, 2.05) is 18.2 Å². The lowest BCUT2D eigenvalue weighted by Crippen LogP contribution is -2.01. The van der Waals surface area contributed by atoms with Crippen LogP contribution in [0, 0.1) is 0 Å². The van der Waals surface area contributed by atoms with Crippen LogP contribution < -0.4 is 0 Å². The molecule has 0 atom stereocenters. The zero-order valence-electron chi connectivity index (χ0n) is 35.3. The Morgan fingerprint density at radius 2 is 0.723 bits per heavy atom. The molecule has 0 amide bonds. The number of nitrogens with zero attached hydrogens (tertiary/aromatic N) is 3. The summed E-state index contributed by atoms with van der Waals surface area (Å²) in [6.07, 6.45) is 0. The summed E-state index contributed by atoms with van der Waals surface area (Å²) in [5.74, 6) is 1.75. The Labute approximate surface area is 376 Å². The highest BCUT2D eigenvalue weighted by Gasteiger charge is 2.24. The van der Waals surface area contributed by atoms with Gasteiger partial charge in [-0.1, -0.05) is 218 Å². The van der Waals surface area contributed by atoms with E-state index in [1.54, 1.807) is 0 Å². The van der Waals surface area contributed by atoms with E-state index in [0.29, 0.717) is 17.5 Å². The van der Waals surface area contributed by atoms with Gasteiger partial charge in [-0.05, 0) is 79.0 Å². The third-order valence-corrected chi connectivity index (χ3v) is 12.4. The minimum absolute atomic E-state index is 0.568. The Bertz CT molecular complexity index is 3660. The van der Waals surface area contributed by atoms with Crippen molar-refractivity contribution < 1.29 is 4.42 Å². The monoisotopic (exact) mass is 829 g/mol. The highest BCUT2D eigenvalue weighted by atomic mass is 16.3. The quantitative estimate of drug-likeness (QED) is 0.153. The molecule has 0 radical (unpaired) electrons. The van der Waals surface area contributed by atoms with Crippen LogP contribution in [0.25, 0.3) is 123 Å². The van der Waals surface area contributed by atoms with E-state index in [4.69, 9.17) is 19.4 Å². The maximum absolute atomic E-state index is 6.94. The van der Waals surface area contributed by atoms with E-state index < -0.39 is 0 Å². The molecule has 0 unspecified atom stereocenters. The van der Waals surface area contributed by atoms with Gasteiger partial charge < -0.3 is 4.42 Å². The maximum atomic E-state index is 6.94. The number of fused-ring (bicyclic) bond motifs is 4. The molecule has 0 fully saturated rings. The summed E-state index contributed by atoms with van der Waals surface area (Å²) in [7, 11) is 0. The molecule has 0 saturated carbocycles. The van der Waals surface area contributed by atoms with Gasteiger partial charge in [0.25, 0.3) is 0 Å². The van der Waals surface area contributed by atoms with Gasteiger partial charge in [0.15, 0.2) is 17.5 Å². The molecule has 304 valence electrons. The molecule has 2 aromatic heterocycles. The molecule has 4 nitrogen and oxygen atoms in total. The van der Waals surface area contributed by atoms with Crippen LogP contribution in [-0.2, 0) is 0 Å². The molecular formula is C61H39N3O. The van der Waals surface area contributed by atoms with Crippen LogP contribution in [0.3, 0.4) is 0 Å². The normalized spacial score (nSPS) is 11.4. The lowest BCUT2D eigenvalue weighted by Gasteiger charge is -2.14. The number of hydrogen-bond acceptors (Lipinski definition) is 4. The molecule has 12 aromatic rings. The second kappa shape index (κ2) is 16.2. The van der Waals surface area contributed by atoms with Gasteiger partial charge in [0, 0.05) is 33.0 Å². The molecule has 2 heterocycles. The minimum Gasteiger partial charge on any atom is -0.455 e. The van der Waals surface area contributed by atoms with Crippen molar-refractivity contribution in [1.82, 2.24) is 15.0 Å². The SMILES string of the molecule is c1ccc(-c2ccc(-c3nc(-c4ccc5ccccc5c4)nc(-c4c(-c5ccc(-c6ccccc6)cc5)ccc5oc6c(-c7ccc(-c8ccccc8)cc7)cccc6c45)n3)cc2)cc1. The topological polar surface area (TPSA) is 51.8 Å². The van der Waals surface area contributed by atoms with Crippen molar-refractivity contribution in [2.24, 2.45) is 0 Å². The number of benzene rings is 10. The molecule has 0 N–H and O–H groups in total. The van der Waals surface area contributed by atoms with Gasteiger partial charge in [0.05, 0.1) is 0 Å². The molecule has 0 aliphatic rings. The second-order valence-electron chi connectivity index (χ2n) is 16.3. The smallest absolute Gasteiger partial charge is 0.165 e. The maximum Gasteiger partial charge on any atom is 0.165 e. The van der Waals surface area contributed by atoms with Gasteiger partial charge in [-0.25, -0.2) is 15.0 Å². The summed E-state index contributed by atoms with van der Waals surface area (Å²) in [5, 5.41) is 4.22. The first kappa shape index (κ1) is 38.0. The first-order valence-corrected chi connectivity index (χ1v) is 21.9. The number of furan rings is 1. The third kappa shape index (κ3) is 7.13. The van der Waals surface area contributed by atoms with Crippen LogP contribution in [0.2, 0.25) is 0 Å². The van der Waals surface area contributed by atoms with Crippen LogP contribution in [0.4, 0.5) is 0 Å². The van der Waals surface area contributed by atoms with Crippen molar-refractivity contribution in [3.63, 3.8) is 0 Å². The predicted molar refractivity (Wildman–Crippen MR) is 268 cm³/mol. The molecule has 0 spiro atoms. The van der Waals surface area contributed by atoms with Crippen molar-refractivity contribution >= 4 is 32.7 Å². The predicted octanol–water partition coefficient (Wildman–Crippen LogP) is 16.3. The zero-order valence-corrected chi connectivity index (χ0v) is 35.3. The Hall–Kier alpha value is -8.73. The van der Waals surface area contributed by atoms with Crippen LogP contribution in [0.15, 0.2) is 241 Å². The minimum atomic E-state index is 0.568. The van der Waals surface area contributed by atoms with Crippen molar-refractivity contribution in [2.75, 3.05) is 0 Å². The first-order valence-electron chi connectivity index (χ1n) is 21.9. The highest BCUT2D eigenvalue weighted by molar-refractivity contribution is 6.17. The van der Waals surface area contributed by atoms with E-state index in [0.717, 1.165) is 88.3 Å². The highest BCUT2D eigenvalue weighted by Crippen LogP contribution is 2.45. The van der Waals surface area contributed by atoms with Gasteiger partial charge in [-0.2, -0.15) is 0 Å². The van der Waals surface area contributed by atoms with Crippen LogP contribution in [0.1, 0.15) is 0 Å². The van der Waals surface area contributed by atoms with Gasteiger partial charge in [0.2, 0.25) is 0 Å². The fraction of sp³-hybridized carbons (Fsp3) is 0. The molecule has 0 saturated heterocycles. The van der Waals surface area contributed by atoms with Crippen molar-refractivity contribution in [1.29, 1.82) is 0 Å². The average molecular weight is 830 g/mol. The summed E-state index contributed by atoms with van der Waals surface area (Å²) in [5.41, 5.74) is 15.3. The molecule has 12 rings (SSSR count). The van der Waals surface area contributed by atoms with E-state index >= 15 is 0 Å². The summed E-state index contributed by atoms with van der Waals surface area (Å²) >= 11 is 0. The van der Waals surface area contributed by atoms with Gasteiger partial charge in [-0.15, -0.1) is 0 Å². The number of para-hydroxylation sites is 1. The molecule has 0 bridgehead atoms. The second-order valence-corrected chi connectivity index (χ2v) is 16.3. The lowest BCUT2D eigenvalue weighted by molar-refractivity contribution is 0.670. The van der Waals surface area contributed by atoms with E-state index in [2.05, 4.69) is 218 Å². The number of rotatable bonds is 8. The van der Waals surface area contributed by atoms with Gasteiger partial charge in [0.1, 0.15) is 11.2 Å². The summed E-state index contributed by atoms with van der Waals surface area (Å²) in [6.45, 7) is 0. The van der Waals surface area contributed by atoms with Gasteiger partial charge >= 0.3 is 0 Å². The fourth-order valence-electron chi connectivity index (χ4n) is 9.05.